The molecule has 4 aliphatic rings. The first kappa shape index (κ1) is 27.0. The minimum Gasteiger partial charge on any atom is -0.465 e. The molecule has 0 saturated carbocycles. The number of hydrogen-bond acceptors (Lipinski definition) is 6. The molecular weight excluding hydrogens is 500 g/mol. The predicted octanol–water partition coefficient (Wildman–Crippen LogP) is 3.89. The zero-order chi connectivity index (χ0) is 26.7. The summed E-state index contributed by atoms with van der Waals surface area (Å²) in [4.78, 5) is 45.8. The molecule has 1 aromatic rings. The number of rotatable bonds is 7. The van der Waals surface area contributed by atoms with Crippen molar-refractivity contribution in [3.63, 3.8) is 0 Å². The van der Waals surface area contributed by atoms with Gasteiger partial charge < -0.3 is 19.6 Å². The fourth-order valence-corrected chi connectivity index (χ4v) is 8.51. The van der Waals surface area contributed by atoms with Crippen molar-refractivity contribution in [1.82, 2.24) is 9.80 Å². The van der Waals surface area contributed by atoms with Gasteiger partial charge in [-0.1, -0.05) is 74.4 Å². The number of ether oxygens (including phenoxy) is 1. The van der Waals surface area contributed by atoms with Crippen LogP contribution in [0.1, 0.15) is 57.1 Å². The van der Waals surface area contributed by atoms with E-state index in [0.717, 1.165) is 44.1 Å². The summed E-state index contributed by atoms with van der Waals surface area (Å²) in [6.07, 6.45) is 13.8. The Kier molecular flexibility index (Phi) is 8.29. The number of nitrogens with zero attached hydrogens (tertiary/aromatic N) is 2. The quantitative estimate of drug-likeness (QED) is 0.322. The summed E-state index contributed by atoms with van der Waals surface area (Å²) in [6, 6.07) is 7.88. The highest BCUT2D eigenvalue weighted by molar-refractivity contribution is 8.02. The maximum atomic E-state index is 14.5. The van der Waals surface area contributed by atoms with Crippen molar-refractivity contribution < 1.29 is 24.2 Å². The zero-order valence-electron chi connectivity index (χ0n) is 22.0. The summed E-state index contributed by atoms with van der Waals surface area (Å²) in [5, 5.41) is 10.3. The van der Waals surface area contributed by atoms with Crippen LogP contribution < -0.4 is 0 Å². The normalized spacial score (nSPS) is 32.7. The molecule has 0 aliphatic carbocycles. The number of fused-ring (bicyclic) bond motifs is 2. The van der Waals surface area contributed by atoms with Gasteiger partial charge in [0.15, 0.2) is 0 Å². The monoisotopic (exact) mass is 538 g/mol. The van der Waals surface area contributed by atoms with Gasteiger partial charge in [0.1, 0.15) is 6.04 Å². The fourth-order valence-electron chi connectivity index (χ4n) is 6.52. The number of benzene rings is 1. The van der Waals surface area contributed by atoms with E-state index in [0.29, 0.717) is 19.7 Å². The van der Waals surface area contributed by atoms with E-state index in [1.54, 1.807) is 16.7 Å². The van der Waals surface area contributed by atoms with Gasteiger partial charge in [-0.15, -0.1) is 11.8 Å². The van der Waals surface area contributed by atoms with Gasteiger partial charge in [0.05, 0.1) is 35.8 Å². The van der Waals surface area contributed by atoms with Crippen LogP contribution in [0, 0.1) is 11.8 Å². The molecule has 1 N–H and O–H groups in total. The van der Waals surface area contributed by atoms with Gasteiger partial charge in [-0.25, -0.2) is 0 Å². The molecule has 4 aliphatic heterocycles. The van der Waals surface area contributed by atoms with Gasteiger partial charge in [-0.3, -0.25) is 14.4 Å². The van der Waals surface area contributed by atoms with E-state index in [-0.39, 0.29) is 29.6 Å². The summed E-state index contributed by atoms with van der Waals surface area (Å²) >= 11 is 1.55. The second kappa shape index (κ2) is 11.7. The smallest absolute Gasteiger partial charge is 0.311 e. The molecule has 0 aromatic heterocycles. The summed E-state index contributed by atoms with van der Waals surface area (Å²) < 4.78 is 4.78. The number of carbonyl (C=O) groups is 3. The lowest BCUT2D eigenvalue weighted by atomic mass is 9.78. The number of aliphatic hydroxyl groups excluding tert-OH is 1. The number of esters is 1. The summed E-state index contributed by atoms with van der Waals surface area (Å²) in [5.41, 5.74) is 0.770. The molecule has 38 heavy (non-hydrogen) atoms. The molecule has 2 fully saturated rings. The number of unbranched alkanes of at least 4 members (excludes halogenated alkanes) is 2. The molecule has 2 amide bonds. The predicted molar refractivity (Wildman–Crippen MR) is 147 cm³/mol. The Bertz CT molecular complexity index is 1090. The largest absolute Gasteiger partial charge is 0.465 e. The van der Waals surface area contributed by atoms with E-state index < -0.39 is 28.7 Å². The molecule has 8 heteroatoms. The van der Waals surface area contributed by atoms with E-state index in [9.17, 15) is 19.5 Å². The van der Waals surface area contributed by atoms with Gasteiger partial charge in [-0.2, -0.15) is 0 Å². The van der Waals surface area contributed by atoms with Gasteiger partial charge in [0.25, 0.3) is 0 Å². The van der Waals surface area contributed by atoms with Crippen LogP contribution in [0.3, 0.4) is 0 Å². The lowest BCUT2D eigenvalue weighted by Crippen LogP contribution is -2.54. The fraction of sp³-hybridized carbons (Fsp3) is 0.567. The number of thioether (sulfide) groups is 1. The maximum Gasteiger partial charge on any atom is 0.311 e. The van der Waals surface area contributed by atoms with Crippen molar-refractivity contribution in [1.29, 1.82) is 0 Å². The van der Waals surface area contributed by atoms with E-state index >= 15 is 0 Å². The number of likely N-dealkylation sites (tertiary alicyclic amines) is 1. The highest BCUT2D eigenvalue weighted by Crippen LogP contribution is 2.61. The highest BCUT2D eigenvalue weighted by atomic mass is 32.2. The highest BCUT2D eigenvalue weighted by Gasteiger charge is 2.71. The second-order valence-electron chi connectivity index (χ2n) is 10.7. The third kappa shape index (κ3) is 4.70. The minimum absolute atomic E-state index is 0.107. The zero-order valence-corrected chi connectivity index (χ0v) is 22.9. The van der Waals surface area contributed by atoms with Crippen molar-refractivity contribution in [3.05, 3.63) is 60.2 Å². The minimum atomic E-state index is -0.914. The first-order chi connectivity index (χ1) is 18.5. The Morgan fingerprint density at radius 1 is 1.11 bits per heavy atom. The molecule has 4 heterocycles. The number of aliphatic hydroxyl groups is 1. The van der Waals surface area contributed by atoms with Crippen LogP contribution in [0.25, 0.3) is 0 Å². The standard InChI is InChI=1S/C30H38N2O5S/c1-2-3-10-17-31-18-12-16-30-25(24-23(38-30)15-9-4-5-11-19-37-29(24)36)27(34)32(26(30)28(31)35)22(20-33)21-13-7-6-8-14-21/h6-9,12-16,22-26,33H,2-5,10-11,17-20H2,1H3/b15-9-/t22-,23+,24-,25+,26?,30+/m1/s1. The summed E-state index contributed by atoms with van der Waals surface area (Å²) in [7, 11) is 0. The van der Waals surface area contributed by atoms with Gasteiger partial charge >= 0.3 is 5.97 Å². The van der Waals surface area contributed by atoms with Crippen molar-refractivity contribution in [2.24, 2.45) is 11.8 Å². The topological polar surface area (TPSA) is 87.2 Å². The van der Waals surface area contributed by atoms with Crippen molar-refractivity contribution in [3.8, 4) is 0 Å². The second-order valence-corrected chi connectivity index (χ2v) is 12.2. The molecule has 1 unspecified atom stereocenters. The SMILES string of the molecule is CCCCCN1CC=C[C@]23S[C@H]4/C=C\CCCCOC(=O)[C@H]4[C@H]2C(=O)N([C@H](CO)c2ccccc2)C3C1=O. The molecule has 204 valence electrons. The average molecular weight is 539 g/mol. The van der Waals surface area contributed by atoms with Gasteiger partial charge in [-0.05, 0) is 31.2 Å². The molecule has 1 spiro atoms. The van der Waals surface area contributed by atoms with Gasteiger partial charge in [0.2, 0.25) is 11.8 Å². The average Bonchev–Trinajstić information content (AvgIpc) is 3.32. The lowest BCUT2D eigenvalue weighted by Gasteiger charge is -2.38. The van der Waals surface area contributed by atoms with Crippen molar-refractivity contribution in [2.45, 2.75) is 67.5 Å². The van der Waals surface area contributed by atoms with Crippen LogP contribution in [0.5, 0.6) is 0 Å². The molecule has 0 radical (unpaired) electrons. The van der Waals surface area contributed by atoms with Crippen LogP contribution in [-0.2, 0) is 19.1 Å². The molecular formula is C30H38N2O5S. The Morgan fingerprint density at radius 3 is 2.68 bits per heavy atom. The van der Waals surface area contributed by atoms with E-state index in [1.165, 1.54) is 0 Å². The van der Waals surface area contributed by atoms with Crippen LogP contribution in [-0.4, -0.2) is 75.0 Å². The molecule has 5 rings (SSSR count). The summed E-state index contributed by atoms with van der Waals surface area (Å²) in [6.45, 7) is 3.24. The number of hydrogen-bond donors (Lipinski definition) is 1. The van der Waals surface area contributed by atoms with Crippen LogP contribution >= 0.6 is 11.8 Å². The van der Waals surface area contributed by atoms with Gasteiger partial charge in [0, 0.05) is 18.3 Å². The third-order valence-corrected chi connectivity index (χ3v) is 10.1. The molecule has 2 saturated heterocycles. The Balaban J connectivity index is 1.61. The van der Waals surface area contributed by atoms with Crippen molar-refractivity contribution >= 4 is 29.5 Å². The number of cyclic esters (lactones) is 1. The first-order valence-corrected chi connectivity index (χ1v) is 14.9. The number of amides is 2. The summed E-state index contributed by atoms with van der Waals surface area (Å²) in [5.74, 6) is -2.16. The first-order valence-electron chi connectivity index (χ1n) is 14.0. The Labute approximate surface area is 229 Å². The van der Waals surface area contributed by atoms with E-state index in [4.69, 9.17) is 4.74 Å². The maximum absolute atomic E-state index is 14.5. The molecule has 6 atom stereocenters. The number of allylic oxidation sites excluding steroid dienone is 1. The van der Waals surface area contributed by atoms with E-state index in [1.807, 2.05) is 53.5 Å². The molecule has 1 aromatic carbocycles. The molecule has 0 bridgehead atoms. The van der Waals surface area contributed by atoms with Crippen LogP contribution in [0.2, 0.25) is 0 Å². The van der Waals surface area contributed by atoms with E-state index in [2.05, 4.69) is 13.0 Å². The Hall–Kier alpha value is -2.58. The molecule has 7 nitrogen and oxygen atoms in total. The van der Waals surface area contributed by atoms with Crippen LogP contribution in [0.4, 0.5) is 0 Å². The third-order valence-electron chi connectivity index (χ3n) is 8.35. The Morgan fingerprint density at radius 2 is 1.92 bits per heavy atom. The van der Waals surface area contributed by atoms with Crippen molar-refractivity contribution in [2.75, 3.05) is 26.3 Å². The lowest BCUT2D eigenvalue weighted by molar-refractivity contribution is -0.153. The van der Waals surface area contributed by atoms with Crippen LogP contribution in [0.15, 0.2) is 54.6 Å². The number of carbonyl (C=O) groups excluding carboxylic acids is 3.